The molecule has 2 fully saturated rings. The van der Waals surface area contributed by atoms with Gasteiger partial charge in [0.2, 0.25) is 10.5 Å². The first-order valence-electron chi connectivity index (χ1n) is 13.8. The molecule has 39 heavy (non-hydrogen) atoms. The number of carbonyl (C=O) groups is 1. The average molecular weight is 628 g/mol. The van der Waals surface area contributed by atoms with Gasteiger partial charge in [0.05, 0.1) is 18.4 Å². The van der Waals surface area contributed by atoms with Crippen LogP contribution in [-0.2, 0) is 20.9 Å². The van der Waals surface area contributed by atoms with Gasteiger partial charge >= 0.3 is 6.09 Å². The molecule has 0 aliphatic carbocycles. The van der Waals surface area contributed by atoms with Gasteiger partial charge in [-0.15, -0.1) is 5.10 Å². The molecule has 2 aromatic rings. The predicted octanol–water partition coefficient (Wildman–Crippen LogP) is 4.30. The molecule has 0 bridgehead atoms. The highest BCUT2D eigenvalue weighted by atomic mass is 79.9. The van der Waals surface area contributed by atoms with Crippen LogP contribution in [0.3, 0.4) is 0 Å². The SMILES string of the molecule is CC(CC1CO1)c1c(N2CCN(C(=O)OC(C)(C)C)[C@H](C)C2)c(=O)n2nc(Br)nc2n1COCC[Si](C)(C)C. The van der Waals surface area contributed by atoms with E-state index < -0.39 is 13.7 Å². The number of piperazine rings is 1. The zero-order valence-corrected chi connectivity index (χ0v) is 27.1. The first kappa shape index (κ1) is 30.0. The van der Waals surface area contributed by atoms with Crippen molar-refractivity contribution >= 4 is 41.6 Å². The lowest BCUT2D eigenvalue weighted by Crippen LogP contribution is -2.56. The van der Waals surface area contributed by atoms with Crippen LogP contribution >= 0.6 is 15.9 Å². The number of ether oxygens (including phenoxy) is 3. The van der Waals surface area contributed by atoms with Crippen molar-refractivity contribution in [2.24, 2.45) is 0 Å². The summed E-state index contributed by atoms with van der Waals surface area (Å²) in [6.07, 6.45) is 0.645. The van der Waals surface area contributed by atoms with Crippen molar-refractivity contribution in [1.29, 1.82) is 0 Å². The molecule has 0 aromatic carbocycles. The number of halogens is 1. The summed E-state index contributed by atoms with van der Waals surface area (Å²) in [7, 11) is -1.27. The molecule has 1 amide bonds. The van der Waals surface area contributed by atoms with Crippen molar-refractivity contribution in [3.8, 4) is 0 Å². The smallest absolute Gasteiger partial charge is 0.410 e. The third kappa shape index (κ3) is 7.41. The Labute approximate surface area is 239 Å². The quantitative estimate of drug-likeness (QED) is 0.230. The number of hydrogen-bond donors (Lipinski definition) is 0. The van der Waals surface area contributed by atoms with Crippen LogP contribution in [-0.4, -0.2) is 88.8 Å². The van der Waals surface area contributed by atoms with Crippen molar-refractivity contribution in [2.75, 3.05) is 37.7 Å². The molecule has 13 heteroatoms. The fourth-order valence-electron chi connectivity index (χ4n) is 4.96. The zero-order chi connectivity index (χ0) is 28.7. The Morgan fingerprint density at radius 3 is 2.54 bits per heavy atom. The van der Waals surface area contributed by atoms with Gasteiger partial charge in [-0.2, -0.15) is 9.50 Å². The van der Waals surface area contributed by atoms with E-state index in [0.717, 1.165) is 24.8 Å². The molecule has 218 valence electrons. The van der Waals surface area contributed by atoms with E-state index in [9.17, 15) is 9.59 Å². The molecular weight excluding hydrogens is 584 g/mol. The maximum atomic E-state index is 14.0. The van der Waals surface area contributed by atoms with E-state index in [2.05, 4.69) is 57.5 Å². The first-order chi connectivity index (χ1) is 18.1. The van der Waals surface area contributed by atoms with Crippen molar-refractivity contribution in [3.63, 3.8) is 0 Å². The van der Waals surface area contributed by atoms with Crippen LogP contribution in [0.4, 0.5) is 10.5 Å². The Bertz CT molecular complexity index is 1250. The highest BCUT2D eigenvalue weighted by molar-refractivity contribution is 9.10. The maximum absolute atomic E-state index is 14.0. The second-order valence-electron chi connectivity index (χ2n) is 13.0. The van der Waals surface area contributed by atoms with Crippen molar-refractivity contribution < 1.29 is 19.0 Å². The number of amides is 1. The standard InChI is InChI=1S/C26H43BrN6O5Si/c1-17(13-19-15-37-19)20-21(30-9-10-31(18(2)14-30)25(35)38-26(3,4)5)22(34)33-24(28-23(27)29-33)32(20)16-36-11-12-39(6,7)8/h17-19H,9-16H2,1-8H3/t17?,18-,19?/m1/s1. The van der Waals surface area contributed by atoms with Gasteiger partial charge in [0.1, 0.15) is 18.0 Å². The fourth-order valence-corrected chi connectivity index (χ4v) is 6.03. The van der Waals surface area contributed by atoms with Crippen LogP contribution in [0.1, 0.15) is 52.7 Å². The monoisotopic (exact) mass is 626 g/mol. The summed E-state index contributed by atoms with van der Waals surface area (Å²) in [5, 5.41) is 4.38. The largest absolute Gasteiger partial charge is 0.444 e. The third-order valence-electron chi connectivity index (χ3n) is 7.01. The lowest BCUT2D eigenvalue weighted by Gasteiger charge is -2.42. The lowest BCUT2D eigenvalue weighted by molar-refractivity contribution is 0.0158. The topological polar surface area (TPSA) is 107 Å². The highest BCUT2D eigenvalue weighted by Gasteiger charge is 2.36. The summed E-state index contributed by atoms with van der Waals surface area (Å²) in [4.78, 5) is 35.2. The van der Waals surface area contributed by atoms with E-state index in [-0.39, 0.29) is 36.4 Å². The molecule has 2 unspecified atom stereocenters. The van der Waals surface area contributed by atoms with Gasteiger partial charge in [-0.25, -0.2) is 4.79 Å². The number of fused-ring (bicyclic) bond motifs is 1. The molecule has 2 aliphatic heterocycles. The predicted molar refractivity (Wildman–Crippen MR) is 156 cm³/mol. The van der Waals surface area contributed by atoms with E-state index in [1.165, 1.54) is 4.52 Å². The zero-order valence-electron chi connectivity index (χ0n) is 24.5. The number of hydrogen-bond acceptors (Lipinski definition) is 8. The minimum absolute atomic E-state index is 0.0143. The molecule has 0 N–H and O–H groups in total. The van der Waals surface area contributed by atoms with Gasteiger partial charge in [0.25, 0.3) is 5.56 Å². The van der Waals surface area contributed by atoms with Crippen molar-refractivity contribution in [1.82, 2.24) is 24.1 Å². The molecule has 4 rings (SSSR count). The number of rotatable bonds is 9. The number of epoxide rings is 1. The van der Waals surface area contributed by atoms with Crippen molar-refractivity contribution in [2.45, 2.75) is 97.1 Å². The van der Waals surface area contributed by atoms with Crippen molar-refractivity contribution in [3.05, 3.63) is 20.8 Å². The summed E-state index contributed by atoms with van der Waals surface area (Å²) in [6, 6.07) is 0.889. The number of aromatic nitrogens is 4. The first-order valence-corrected chi connectivity index (χ1v) is 18.3. The lowest BCUT2D eigenvalue weighted by atomic mass is 9.98. The molecule has 0 spiro atoms. The van der Waals surface area contributed by atoms with Gasteiger partial charge in [0, 0.05) is 46.3 Å². The van der Waals surface area contributed by atoms with Gasteiger partial charge in [-0.1, -0.05) is 26.6 Å². The van der Waals surface area contributed by atoms with E-state index in [1.54, 1.807) is 4.90 Å². The second-order valence-corrected chi connectivity index (χ2v) is 19.3. The Hall–Kier alpha value is -1.96. The molecule has 11 nitrogen and oxygen atoms in total. The van der Waals surface area contributed by atoms with E-state index in [1.807, 2.05) is 32.3 Å². The third-order valence-corrected chi connectivity index (χ3v) is 9.05. The summed E-state index contributed by atoms with van der Waals surface area (Å²) < 4.78 is 21.1. The Morgan fingerprint density at radius 2 is 1.95 bits per heavy atom. The minimum atomic E-state index is -1.27. The molecule has 2 aromatic heterocycles. The molecule has 2 saturated heterocycles. The Morgan fingerprint density at radius 1 is 1.26 bits per heavy atom. The van der Waals surface area contributed by atoms with Crippen LogP contribution in [0, 0.1) is 0 Å². The van der Waals surface area contributed by atoms with E-state index in [4.69, 9.17) is 14.2 Å². The molecule has 4 heterocycles. The molecule has 2 aliphatic rings. The van der Waals surface area contributed by atoms with Crippen LogP contribution in [0.5, 0.6) is 0 Å². The Kier molecular flexibility index (Phi) is 8.84. The maximum Gasteiger partial charge on any atom is 0.410 e. The highest BCUT2D eigenvalue weighted by Crippen LogP contribution is 2.34. The van der Waals surface area contributed by atoms with Crippen LogP contribution in [0.25, 0.3) is 5.78 Å². The summed E-state index contributed by atoms with van der Waals surface area (Å²) in [5.41, 5.74) is 0.653. The number of anilines is 1. The van der Waals surface area contributed by atoms with Gasteiger partial charge in [-0.05, 0) is 56.1 Å². The van der Waals surface area contributed by atoms with Crippen LogP contribution in [0.15, 0.2) is 9.53 Å². The van der Waals surface area contributed by atoms with Crippen LogP contribution in [0.2, 0.25) is 25.7 Å². The fraction of sp³-hybridized carbons (Fsp3) is 0.769. The second kappa shape index (κ2) is 11.5. The summed E-state index contributed by atoms with van der Waals surface area (Å²) >= 11 is 3.37. The number of nitrogens with zero attached hydrogens (tertiary/aromatic N) is 6. The normalized spacial score (nSPS) is 20.9. The Balaban J connectivity index is 1.72. The molecular formula is C26H43BrN6O5Si. The van der Waals surface area contributed by atoms with Gasteiger partial charge in [-0.3, -0.25) is 9.36 Å². The molecule has 0 saturated carbocycles. The number of carbonyl (C=O) groups excluding carboxylic acids is 1. The van der Waals surface area contributed by atoms with Crippen LogP contribution < -0.4 is 10.5 Å². The van der Waals surface area contributed by atoms with E-state index in [0.29, 0.717) is 42.4 Å². The van der Waals surface area contributed by atoms with Gasteiger partial charge < -0.3 is 24.0 Å². The van der Waals surface area contributed by atoms with Gasteiger partial charge in [0.15, 0.2) is 0 Å². The summed E-state index contributed by atoms with van der Waals surface area (Å²) in [5.74, 6) is 0.461. The average Bonchev–Trinajstić information content (AvgIpc) is 3.52. The molecule has 0 radical (unpaired) electrons. The minimum Gasteiger partial charge on any atom is -0.444 e. The summed E-state index contributed by atoms with van der Waals surface area (Å²) in [6.45, 7) is 19.8. The molecule has 3 atom stereocenters. The van der Waals surface area contributed by atoms with E-state index >= 15 is 0 Å².